The first-order valence-corrected chi connectivity index (χ1v) is 6.65. The maximum Gasteiger partial charge on any atom is 0.220 e. The molecule has 20 heavy (non-hydrogen) atoms. The second-order valence-corrected chi connectivity index (χ2v) is 4.97. The lowest BCUT2D eigenvalue weighted by Crippen LogP contribution is -2.48. The van der Waals surface area contributed by atoms with Gasteiger partial charge in [-0.3, -0.25) is 9.78 Å². The van der Waals surface area contributed by atoms with Crippen LogP contribution in [0.25, 0.3) is 0 Å². The Kier molecular flexibility index (Phi) is 9.55. The molecule has 2 unspecified atom stereocenters. The topological polar surface area (TPSA) is 54.0 Å². The number of pyridine rings is 1. The third kappa shape index (κ3) is 6.07. The van der Waals surface area contributed by atoms with Gasteiger partial charge in [-0.1, -0.05) is 13.0 Å². The van der Waals surface area contributed by atoms with Crippen molar-refractivity contribution in [3.63, 3.8) is 0 Å². The molecule has 0 radical (unpaired) electrons. The number of nitrogens with one attached hydrogen (secondary N) is 2. The summed E-state index contributed by atoms with van der Waals surface area (Å²) in [6.07, 6.45) is 4.03. The summed E-state index contributed by atoms with van der Waals surface area (Å²) in [7, 11) is 0. The molecule has 4 nitrogen and oxygen atoms in total. The first-order valence-electron chi connectivity index (χ1n) is 6.65. The minimum absolute atomic E-state index is 0. The number of carbonyl (C=O) groups is 1. The van der Waals surface area contributed by atoms with Crippen LogP contribution in [0.3, 0.4) is 0 Å². The highest BCUT2D eigenvalue weighted by molar-refractivity contribution is 5.85. The quantitative estimate of drug-likeness (QED) is 0.892. The fraction of sp³-hybridized carbons (Fsp3) is 0.571. The monoisotopic (exact) mass is 319 g/mol. The van der Waals surface area contributed by atoms with Crippen molar-refractivity contribution in [2.45, 2.75) is 32.2 Å². The van der Waals surface area contributed by atoms with E-state index < -0.39 is 0 Å². The van der Waals surface area contributed by atoms with Gasteiger partial charge < -0.3 is 10.6 Å². The Morgan fingerprint density at radius 3 is 2.90 bits per heavy atom. The number of halogens is 2. The molecule has 1 fully saturated rings. The molecule has 0 aliphatic carbocycles. The van der Waals surface area contributed by atoms with Crippen molar-refractivity contribution in [2.24, 2.45) is 5.92 Å². The number of rotatable bonds is 4. The summed E-state index contributed by atoms with van der Waals surface area (Å²) in [6, 6.07) is 6.12. The van der Waals surface area contributed by atoms with Gasteiger partial charge in [0.15, 0.2) is 0 Å². The molecule has 1 aliphatic rings. The molecule has 1 amide bonds. The fourth-order valence-electron chi connectivity index (χ4n) is 2.30. The standard InChI is InChI=1S/C14H21N3O.2ClH/c1-11-10-15-9-7-13(11)17-14(18)6-5-12-4-2-3-8-16-12;;/h2-4,8,11,13,15H,5-7,9-10H2,1H3,(H,17,18);2*1H. The number of aromatic nitrogens is 1. The molecule has 0 bridgehead atoms. The third-order valence-electron chi connectivity index (χ3n) is 3.47. The predicted molar refractivity (Wildman–Crippen MR) is 85.6 cm³/mol. The summed E-state index contributed by atoms with van der Waals surface area (Å²) in [5, 5.41) is 6.47. The van der Waals surface area contributed by atoms with E-state index in [-0.39, 0.29) is 30.7 Å². The Hall–Kier alpha value is -0.840. The molecular formula is C14H23Cl2N3O. The summed E-state index contributed by atoms with van der Waals surface area (Å²) in [5.41, 5.74) is 0.978. The van der Waals surface area contributed by atoms with Crippen LogP contribution in [0.2, 0.25) is 0 Å². The molecule has 1 saturated heterocycles. The van der Waals surface area contributed by atoms with Gasteiger partial charge in [-0.05, 0) is 44.0 Å². The highest BCUT2D eigenvalue weighted by Crippen LogP contribution is 2.10. The van der Waals surface area contributed by atoms with Crippen molar-refractivity contribution in [3.05, 3.63) is 30.1 Å². The Morgan fingerprint density at radius 2 is 2.25 bits per heavy atom. The van der Waals surface area contributed by atoms with Crippen molar-refractivity contribution in [2.75, 3.05) is 13.1 Å². The van der Waals surface area contributed by atoms with E-state index in [1.54, 1.807) is 6.20 Å². The number of carbonyl (C=O) groups excluding carboxylic acids is 1. The van der Waals surface area contributed by atoms with Crippen LogP contribution in [0.4, 0.5) is 0 Å². The summed E-state index contributed by atoms with van der Waals surface area (Å²) in [6.45, 7) is 4.16. The van der Waals surface area contributed by atoms with Gasteiger partial charge in [-0.25, -0.2) is 0 Å². The molecule has 1 aromatic heterocycles. The second kappa shape index (κ2) is 9.97. The average Bonchev–Trinajstić information content (AvgIpc) is 2.40. The number of piperidine rings is 1. The maximum absolute atomic E-state index is 11.9. The molecule has 0 saturated carbocycles. The Labute approximate surface area is 132 Å². The Bertz CT molecular complexity index is 389. The Balaban J connectivity index is 0.00000180. The van der Waals surface area contributed by atoms with Gasteiger partial charge in [0.1, 0.15) is 0 Å². The predicted octanol–water partition coefficient (Wildman–Crippen LogP) is 1.97. The van der Waals surface area contributed by atoms with E-state index >= 15 is 0 Å². The van der Waals surface area contributed by atoms with E-state index in [0.29, 0.717) is 24.8 Å². The van der Waals surface area contributed by atoms with Crippen LogP contribution in [0.15, 0.2) is 24.4 Å². The third-order valence-corrected chi connectivity index (χ3v) is 3.47. The van der Waals surface area contributed by atoms with Crippen LogP contribution in [-0.2, 0) is 11.2 Å². The SMILES string of the molecule is CC1CNCCC1NC(=O)CCc1ccccn1.Cl.Cl. The zero-order valence-electron chi connectivity index (χ0n) is 11.7. The van der Waals surface area contributed by atoms with Crippen molar-refractivity contribution in [1.82, 2.24) is 15.6 Å². The van der Waals surface area contributed by atoms with Crippen molar-refractivity contribution in [1.29, 1.82) is 0 Å². The van der Waals surface area contributed by atoms with E-state index in [1.807, 2.05) is 18.2 Å². The summed E-state index contributed by atoms with van der Waals surface area (Å²) >= 11 is 0. The molecule has 1 aromatic rings. The normalized spacial score (nSPS) is 21.2. The van der Waals surface area contributed by atoms with E-state index in [1.165, 1.54) is 0 Å². The first kappa shape index (κ1) is 19.2. The van der Waals surface area contributed by atoms with Gasteiger partial charge in [-0.15, -0.1) is 24.8 Å². The van der Waals surface area contributed by atoms with Gasteiger partial charge in [0.05, 0.1) is 0 Å². The summed E-state index contributed by atoms with van der Waals surface area (Å²) in [4.78, 5) is 16.1. The van der Waals surface area contributed by atoms with E-state index in [2.05, 4.69) is 22.5 Å². The van der Waals surface area contributed by atoms with Gasteiger partial charge in [0.25, 0.3) is 0 Å². The van der Waals surface area contributed by atoms with Gasteiger partial charge in [0.2, 0.25) is 5.91 Å². The number of aryl methyl sites for hydroxylation is 1. The lowest BCUT2D eigenvalue weighted by molar-refractivity contribution is -0.122. The van der Waals surface area contributed by atoms with Crippen LogP contribution >= 0.6 is 24.8 Å². The van der Waals surface area contributed by atoms with Crippen molar-refractivity contribution < 1.29 is 4.79 Å². The highest BCUT2D eigenvalue weighted by atomic mass is 35.5. The van der Waals surface area contributed by atoms with Gasteiger partial charge >= 0.3 is 0 Å². The summed E-state index contributed by atoms with van der Waals surface area (Å²) < 4.78 is 0. The number of hydrogen-bond donors (Lipinski definition) is 2. The minimum Gasteiger partial charge on any atom is -0.353 e. The van der Waals surface area contributed by atoms with Crippen LogP contribution in [0.1, 0.15) is 25.5 Å². The molecule has 1 aliphatic heterocycles. The summed E-state index contributed by atoms with van der Waals surface area (Å²) in [5.74, 6) is 0.650. The molecule has 2 rings (SSSR count). The highest BCUT2D eigenvalue weighted by Gasteiger charge is 2.22. The molecule has 0 aromatic carbocycles. The molecular weight excluding hydrogens is 297 g/mol. The van der Waals surface area contributed by atoms with E-state index in [4.69, 9.17) is 0 Å². The fourth-order valence-corrected chi connectivity index (χ4v) is 2.30. The largest absolute Gasteiger partial charge is 0.353 e. The van der Waals surface area contributed by atoms with Gasteiger partial charge in [-0.2, -0.15) is 0 Å². The zero-order chi connectivity index (χ0) is 12.8. The Morgan fingerprint density at radius 1 is 1.45 bits per heavy atom. The lowest BCUT2D eigenvalue weighted by Gasteiger charge is -2.30. The van der Waals surface area contributed by atoms with Gasteiger partial charge in [0, 0.05) is 24.4 Å². The molecule has 0 spiro atoms. The molecule has 2 heterocycles. The number of hydrogen-bond acceptors (Lipinski definition) is 3. The smallest absolute Gasteiger partial charge is 0.220 e. The van der Waals surface area contributed by atoms with E-state index in [9.17, 15) is 4.79 Å². The van der Waals surface area contributed by atoms with Crippen LogP contribution < -0.4 is 10.6 Å². The molecule has 6 heteroatoms. The lowest BCUT2D eigenvalue weighted by atomic mass is 9.95. The van der Waals surface area contributed by atoms with Crippen LogP contribution in [0, 0.1) is 5.92 Å². The number of nitrogens with zero attached hydrogens (tertiary/aromatic N) is 1. The molecule has 2 atom stereocenters. The molecule has 114 valence electrons. The van der Waals surface area contributed by atoms with Crippen molar-refractivity contribution >= 4 is 30.7 Å². The average molecular weight is 320 g/mol. The van der Waals surface area contributed by atoms with Crippen molar-refractivity contribution in [3.8, 4) is 0 Å². The zero-order valence-corrected chi connectivity index (χ0v) is 13.3. The second-order valence-electron chi connectivity index (χ2n) is 4.97. The maximum atomic E-state index is 11.9. The first-order chi connectivity index (χ1) is 8.75. The van der Waals surface area contributed by atoms with Crippen LogP contribution in [0.5, 0.6) is 0 Å². The van der Waals surface area contributed by atoms with E-state index in [0.717, 1.165) is 25.2 Å². The minimum atomic E-state index is 0. The number of amides is 1. The van der Waals surface area contributed by atoms with Crippen LogP contribution in [-0.4, -0.2) is 30.0 Å². The molecule has 2 N–H and O–H groups in total.